The summed E-state index contributed by atoms with van der Waals surface area (Å²) in [7, 11) is 0. The van der Waals surface area contributed by atoms with Crippen molar-refractivity contribution in [1.82, 2.24) is 0 Å². The van der Waals surface area contributed by atoms with Gasteiger partial charge in [-0.2, -0.15) is 0 Å². The fourth-order valence-electron chi connectivity index (χ4n) is 6.91. The Morgan fingerprint density at radius 1 is 0.300 bits per heavy atom. The zero-order valence-corrected chi connectivity index (χ0v) is 27.4. The third-order valence-corrected chi connectivity index (χ3v) is 9.50. The van der Waals surface area contributed by atoms with Gasteiger partial charge in [-0.1, -0.05) is 146 Å². The van der Waals surface area contributed by atoms with Gasteiger partial charge in [0, 0.05) is 28.0 Å². The van der Waals surface area contributed by atoms with Crippen LogP contribution in [0.15, 0.2) is 205 Å². The molecule has 0 bridgehead atoms. The highest BCUT2D eigenvalue weighted by Crippen LogP contribution is 2.39. The lowest BCUT2D eigenvalue weighted by Crippen LogP contribution is -2.09. The molecule has 9 aromatic rings. The average Bonchev–Trinajstić information content (AvgIpc) is 3.63. The van der Waals surface area contributed by atoms with Crippen LogP contribution < -0.4 is 4.90 Å². The molecule has 1 aromatic heterocycles. The smallest absolute Gasteiger partial charge is 0.136 e. The van der Waals surface area contributed by atoms with Gasteiger partial charge in [0.2, 0.25) is 0 Å². The van der Waals surface area contributed by atoms with Gasteiger partial charge in [-0.05, 0) is 98.8 Å². The van der Waals surface area contributed by atoms with Crippen LogP contribution in [0, 0.1) is 0 Å². The zero-order valence-electron chi connectivity index (χ0n) is 27.4. The number of hydrogen-bond donors (Lipinski definition) is 0. The lowest BCUT2D eigenvalue weighted by atomic mass is 9.96. The molecule has 236 valence electrons. The maximum Gasteiger partial charge on any atom is 0.136 e. The summed E-state index contributed by atoms with van der Waals surface area (Å²) < 4.78 is 6.24. The normalized spacial score (nSPS) is 11.2. The number of nitrogens with zero attached hydrogens (tertiary/aromatic N) is 1. The van der Waals surface area contributed by atoms with Gasteiger partial charge in [0.15, 0.2) is 0 Å². The number of hydrogen-bond acceptors (Lipinski definition) is 2. The first-order valence-electron chi connectivity index (χ1n) is 17.0. The largest absolute Gasteiger partial charge is 0.456 e. The van der Waals surface area contributed by atoms with Crippen molar-refractivity contribution >= 4 is 38.8 Å². The molecule has 2 nitrogen and oxygen atoms in total. The Morgan fingerprint density at radius 2 is 0.780 bits per heavy atom. The van der Waals surface area contributed by atoms with Gasteiger partial charge in [0.1, 0.15) is 11.3 Å². The zero-order chi connectivity index (χ0) is 33.3. The standard InChI is InChI=1S/C48H33NO/c1-2-13-42(14-3-1)49(44-30-26-37(27-31-44)40-23-20-34-10-4-5-11-39(34)32-40)43-28-24-36(25-29-43)35-18-21-38(22-19-35)45-15-7-8-16-46(45)48-33-41-12-6-9-17-47(41)50-48/h1-33H. The molecule has 0 saturated carbocycles. The minimum atomic E-state index is 0.882. The maximum absolute atomic E-state index is 6.24. The van der Waals surface area contributed by atoms with Crippen LogP contribution in [0.1, 0.15) is 0 Å². The van der Waals surface area contributed by atoms with Crippen molar-refractivity contribution in [3.63, 3.8) is 0 Å². The Labute approximate surface area is 292 Å². The summed E-state index contributed by atoms with van der Waals surface area (Å²) in [6.07, 6.45) is 0. The Hall–Kier alpha value is -6.64. The van der Waals surface area contributed by atoms with Crippen molar-refractivity contribution in [2.24, 2.45) is 0 Å². The molecule has 0 radical (unpaired) electrons. The van der Waals surface area contributed by atoms with Crippen molar-refractivity contribution in [2.75, 3.05) is 4.90 Å². The van der Waals surface area contributed by atoms with Gasteiger partial charge in [0.05, 0.1) is 0 Å². The topological polar surface area (TPSA) is 16.4 Å². The third-order valence-electron chi connectivity index (χ3n) is 9.50. The molecule has 0 aliphatic rings. The molecule has 1 heterocycles. The van der Waals surface area contributed by atoms with Crippen LogP contribution in [0.2, 0.25) is 0 Å². The molecular formula is C48H33NO. The molecule has 9 rings (SSSR count). The second-order valence-electron chi connectivity index (χ2n) is 12.6. The molecule has 0 aliphatic carbocycles. The predicted molar refractivity (Wildman–Crippen MR) is 210 cm³/mol. The second-order valence-corrected chi connectivity index (χ2v) is 12.6. The van der Waals surface area contributed by atoms with E-state index in [-0.39, 0.29) is 0 Å². The molecule has 0 aliphatic heterocycles. The highest BCUT2D eigenvalue weighted by atomic mass is 16.3. The second kappa shape index (κ2) is 12.8. The van der Waals surface area contributed by atoms with Crippen molar-refractivity contribution < 1.29 is 4.42 Å². The number of para-hydroxylation sites is 2. The van der Waals surface area contributed by atoms with Crippen LogP contribution in [0.4, 0.5) is 17.1 Å². The first-order valence-corrected chi connectivity index (χ1v) is 17.0. The summed E-state index contributed by atoms with van der Waals surface area (Å²) in [5.41, 5.74) is 12.4. The predicted octanol–water partition coefficient (Wildman–Crippen LogP) is 13.7. The van der Waals surface area contributed by atoms with Crippen molar-refractivity contribution in [1.29, 1.82) is 0 Å². The van der Waals surface area contributed by atoms with E-state index in [1.165, 1.54) is 33.0 Å². The number of anilines is 3. The van der Waals surface area contributed by atoms with Crippen LogP contribution in [-0.2, 0) is 0 Å². The van der Waals surface area contributed by atoms with E-state index in [1.807, 2.05) is 18.2 Å². The highest BCUT2D eigenvalue weighted by molar-refractivity contribution is 5.90. The van der Waals surface area contributed by atoms with Gasteiger partial charge in [0.25, 0.3) is 0 Å². The number of furan rings is 1. The first kappa shape index (κ1) is 29.5. The van der Waals surface area contributed by atoms with Crippen LogP contribution in [0.25, 0.3) is 66.4 Å². The SMILES string of the molecule is c1ccc(N(c2ccc(-c3ccc(-c4ccccc4-c4cc5ccccc5o4)cc3)cc2)c2ccc(-c3ccc4ccccc4c3)cc2)cc1. The number of benzene rings is 8. The van der Waals surface area contributed by atoms with E-state index in [4.69, 9.17) is 4.42 Å². The van der Waals surface area contributed by atoms with E-state index in [0.29, 0.717) is 0 Å². The van der Waals surface area contributed by atoms with Gasteiger partial charge < -0.3 is 9.32 Å². The van der Waals surface area contributed by atoms with E-state index < -0.39 is 0 Å². The van der Waals surface area contributed by atoms with Crippen LogP contribution >= 0.6 is 0 Å². The Morgan fingerprint density at radius 3 is 1.46 bits per heavy atom. The molecule has 8 aromatic carbocycles. The summed E-state index contributed by atoms with van der Waals surface area (Å²) in [4.78, 5) is 2.31. The highest BCUT2D eigenvalue weighted by Gasteiger charge is 2.15. The van der Waals surface area contributed by atoms with E-state index in [0.717, 1.165) is 50.5 Å². The molecule has 0 atom stereocenters. The fourth-order valence-corrected chi connectivity index (χ4v) is 6.91. The minimum absolute atomic E-state index is 0.882. The quantitative estimate of drug-likeness (QED) is 0.173. The van der Waals surface area contributed by atoms with Gasteiger partial charge >= 0.3 is 0 Å². The molecule has 0 N–H and O–H groups in total. The third kappa shape index (κ3) is 5.63. The van der Waals surface area contributed by atoms with Gasteiger partial charge in [-0.25, -0.2) is 0 Å². The molecule has 50 heavy (non-hydrogen) atoms. The fraction of sp³-hybridized carbons (Fsp3) is 0. The molecule has 0 saturated heterocycles. The summed E-state index contributed by atoms with van der Waals surface area (Å²) >= 11 is 0. The summed E-state index contributed by atoms with van der Waals surface area (Å²) in [6, 6.07) is 71.0. The monoisotopic (exact) mass is 639 g/mol. The van der Waals surface area contributed by atoms with Crippen LogP contribution in [-0.4, -0.2) is 0 Å². The Bertz CT molecular complexity index is 2530. The maximum atomic E-state index is 6.24. The molecule has 0 amide bonds. The lowest BCUT2D eigenvalue weighted by molar-refractivity contribution is 0.632. The van der Waals surface area contributed by atoms with Crippen molar-refractivity contribution in [2.45, 2.75) is 0 Å². The van der Waals surface area contributed by atoms with Crippen molar-refractivity contribution in [3.05, 3.63) is 200 Å². The molecule has 0 unspecified atom stereocenters. The van der Waals surface area contributed by atoms with E-state index >= 15 is 0 Å². The van der Waals surface area contributed by atoms with E-state index in [9.17, 15) is 0 Å². The molecule has 0 spiro atoms. The van der Waals surface area contributed by atoms with Crippen molar-refractivity contribution in [3.8, 4) is 44.7 Å². The summed E-state index contributed by atoms with van der Waals surface area (Å²) in [6.45, 7) is 0. The Balaban J connectivity index is 0.999. The first-order chi connectivity index (χ1) is 24.8. The summed E-state index contributed by atoms with van der Waals surface area (Å²) in [5.74, 6) is 0.882. The Kier molecular flexibility index (Phi) is 7.53. The minimum Gasteiger partial charge on any atom is -0.456 e. The van der Waals surface area contributed by atoms with Crippen LogP contribution in [0.5, 0.6) is 0 Å². The van der Waals surface area contributed by atoms with Gasteiger partial charge in [-0.15, -0.1) is 0 Å². The van der Waals surface area contributed by atoms with E-state index in [1.54, 1.807) is 0 Å². The summed E-state index contributed by atoms with van der Waals surface area (Å²) in [5, 5.41) is 3.62. The van der Waals surface area contributed by atoms with Gasteiger partial charge in [-0.3, -0.25) is 0 Å². The lowest BCUT2D eigenvalue weighted by Gasteiger charge is -2.26. The molecular weight excluding hydrogens is 607 g/mol. The molecule has 2 heteroatoms. The van der Waals surface area contributed by atoms with E-state index in [2.05, 4.69) is 187 Å². The number of rotatable bonds is 7. The van der Waals surface area contributed by atoms with Crippen LogP contribution in [0.3, 0.4) is 0 Å². The average molecular weight is 640 g/mol. The number of fused-ring (bicyclic) bond motifs is 2. The molecule has 0 fully saturated rings.